The van der Waals surface area contributed by atoms with Gasteiger partial charge >= 0.3 is 0 Å². The van der Waals surface area contributed by atoms with E-state index in [1.807, 2.05) is 0 Å². The molecule has 0 saturated heterocycles. The van der Waals surface area contributed by atoms with Crippen molar-refractivity contribution in [3.05, 3.63) is 83.3 Å². The highest BCUT2D eigenvalue weighted by Crippen LogP contribution is 2.22. The molecule has 2 aromatic carbocycles. The summed E-state index contributed by atoms with van der Waals surface area (Å²) in [5.41, 5.74) is 1.23. The van der Waals surface area contributed by atoms with Gasteiger partial charge in [-0.25, -0.2) is 22.2 Å². The molecule has 7 nitrogen and oxygen atoms in total. The summed E-state index contributed by atoms with van der Waals surface area (Å²) in [4.78, 5) is 12.1. The molecule has 0 unspecified atom stereocenters. The highest BCUT2D eigenvalue weighted by atomic mass is 35.5. The SMILES string of the molecule is C=CCNS(=O)(=O)c1cc(C(=O)Nc2cc(C)nn2-c2cccc(Cl)c2)ccc1F. The first kappa shape index (κ1) is 21.7. The Labute approximate surface area is 178 Å². The summed E-state index contributed by atoms with van der Waals surface area (Å²) >= 11 is 6.03. The van der Waals surface area contributed by atoms with Crippen LogP contribution in [-0.2, 0) is 10.0 Å². The van der Waals surface area contributed by atoms with E-state index in [9.17, 15) is 17.6 Å². The van der Waals surface area contributed by atoms with Gasteiger partial charge in [-0.1, -0.05) is 23.7 Å². The van der Waals surface area contributed by atoms with Gasteiger partial charge in [0.1, 0.15) is 16.5 Å². The lowest BCUT2D eigenvalue weighted by Crippen LogP contribution is -2.25. The topological polar surface area (TPSA) is 93.1 Å². The van der Waals surface area contributed by atoms with E-state index < -0.39 is 26.6 Å². The average molecular weight is 449 g/mol. The number of rotatable bonds is 7. The van der Waals surface area contributed by atoms with Crippen LogP contribution >= 0.6 is 11.6 Å². The molecule has 156 valence electrons. The van der Waals surface area contributed by atoms with E-state index in [0.717, 1.165) is 12.1 Å². The minimum atomic E-state index is -4.14. The number of sulfonamides is 1. The first-order valence-electron chi connectivity index (χ1n) is 8.75. The van der Waals surface area contributed by atoms with E-state index >= 15 is 0 Å². The Morgan fingerprint density at radius 3 is 2.73 bits per heavy atom. The second-order valence-corrected chi connectivity index (χ2v) is 8.47. The monoisotopic (exact) mass is 448 g/mol. The van der Waals surface area contributed by atoms with E-state index in [1.54, 1.807) is 37.3 Å². The lowest BCUT2D eigenvalue weighted by Gasteiger charge is -2.11. The number of halogens is 2. The van der Waals surface area contributed by atoms with Crippen LogP contribution in [0.5, 0.6) is 0 Å². The van der Waals surface area contributed by atoms with Crippen LogP contribution in [0.25, 0.3) is 5.69 Å². The fraction of sp³-hybridized carbons (Fsp3) is 0.100. The van der Waals surface area contributed by atoms with Crippen LogP contribution in [0, 0.1) is 12.7 Å². The van der Waals surface area contributed by atoms with Gasteiger partial charge in [-0.05, 0) is 43.3 Å². The van der Waals surface area contributed by atoms with E-state index in [2.05, 4.69) is 21.7 Å². The van der Waals surface area contributed by atoms with Gasteiger partial charge in [0.05, 0.1) is 11.4 Å². The van der Waals surface area contributed by atoms with Crippen LogP contribution in [0.4, 0.5) is 10.2 Å². The highest BCUT2D eigenvalue weighted by Gasteiger charge is 2.21. The van der Waals surface area contributed by atoms with Crippen LogP contribution in [-0.4, -0.2) is 30.7 Å². The predicted molar refractivity (Wildman–Crippen MR) is 113 cm³/mol. The number of hydrogen-bond donors (Lipinski definition) is 2. The molecule has 2 N–H and O–H groups in total. The fourth-order valence-corrected chi connectivity index (χ4v) is 3.96. The zero-order valence-corrected chi connectivity index (χ0v) is 17.5. The van der Waals surface area contributed by atoms with Crippen molar-refractivity contribution in [2.75, 3.05) is 11.9 Å². The van der Waals surface area contributed by atoms with Gasteiger partial charge < -0.3 is 5.32 Å². The number of carbonyl (C=O) groups is 1. The molecule has 3 aromatic rings. The van der Waals surface area contributed by atoms with Gasteiger partial charge in [0.15, 0.2) is 0 Å². The maximum absolute atomic E-state index is 14.1. The van der Waals surface area contributed by atoms with Crippen molar-refractivity contribution in [1.82, 2.24) is 14.5 Å². The molecule has 0 radical (unpaired) electrons. The molecular formula is C20H18ClFN4O3S. The highest BCUT2D eigenvalue weighted by molar-refractivity contribution is 7.89. The summed E-state index contributed by atoms with van der Waals surface area (Å²) in [5.74, 6) is -1.25. The molecule has 0 bridgehead atoms. The standard InChI is InChI=1S/C20H18ClFN4O3S/c1-3-9-23-30(28,29)18-11-14(7-8-17(18)22)20(27)24-19-10-13(2)25-26(19)16-6-4-5-15(21)12-16/h3-8,10-12,23H,1,9H2,2H3,(H,24,27). The van der Waals surface area contributed by atoms with Crippen LogP contribution in [0.1, 0.15) is 16.1 Å². The zero-order chi connectivity index (χ0) is 21.9. The Hall–Kier alpha value is -3.01. The van der Waals surface area contributed by atoms with Crippen molar-refractivity contribution in [1.29, 1.82) is 0 Å². The summed E-state index contributed by atoms with van der Waals surface area (Å²) in [7, 11) is -4.14. The number of aryl methyl sites for hydroxylation is 1. The number of hydrogen-bond acceptors (Lipinski definition) is 4. The fourth-order valence-electron chi connectivity index (χ4n) is 2.68. The molecule has 0 fully saturated rings. The largest absolute Gasteiger partial charge is 0.306 e. The predicted octanol–water partition coefficient (Wildman–Crippen LogP) is 3.69. The molecule has 0 aliphatic heterocycles. The van der Waals surface area contributed by atoms with Gasteiger partial charge in [0.2, 0.25) is 10.0 Å². The smallest absolute Gasteiger partial charge is 0.256 e. The van der Waals surface area contributed by atoms with Crippen LogP contribution < -0.4 is 10.0 Å². The van der Waals surface area contributed by atoms with Gasteiger partial charge in [0, 0.05) is 23.2 Å². The molecule has 10 heteroatoms. The number of carbonyl (C=O) groups excluding carboxylic acids is 1. The normalized spacial score (nSPS) is 11.3. The summed E-state index contributed by atoms with van der Waals surface area (Å²) in [6.07, 6.45) is 1.32. The Morgan fingerprint density at radius 1 is 1.27 bits per heavy atom. The van der Waals surface area contributed by atoms with E-state index in [1.165, 1.54) is 16.8 Å². The summed E-state index contributed by atoms with van der Waals surface area (Å²) in [6.45, 7) is 5.09. The van der Waals surface area contributed by atoms with Crippen LogP contribution in [0.15, 0.2) is 66.1 Å². The molecule has 1 amide bonds. The zero-order valence-electron chi connectivity index (χ0n) is 15.9. The Balaban J connectivity index is 1.93. The Morgan fingerprint density at radius 2 is 2.03 bits per heavy atom. The van der Waals surface area contributed by atoms with Crippen molar-refractivity contribution < 1.29 is 17.6 Å². The Kier molecular flexibility index (Phi) is 6.35. The quantitative estimate of drug-likeness (QED) is 0.539. The number of anilines is 1. The second-order valence-electron chi connectivity index (χ2n) is 6.30. The number of nitrogens with zero attached hydrogens (tertiary/aromatic N) is 2. The maximum atomic E-state index is 14.1. The molecule has 0 aliphatic carbocycles. The second kappa shape index (κ2) is 8.78. The lowest BCUT2D eigenvalue weighted by molar-refractivity contribution is 0.102. The number of nitrogens with one attached hydrogen (secondary N) is 2. The molecule has 0 aliphatic rings. The van der Waals surface area contributed by atoms with Gasteiger partial charge in [0.25, 0.3) is 5.91 Å². The first-order valence-corrected chi connectivity index (χ1v) is 10.6. The van der Waals surface area contributed by atoms with E-state index in [0.29, 0.717) is 22.2 Å². The minimum absolute atomic E-state index is 0.0353. The lowest BCUT2D eigenvalue weighted by atomic mass is 10.2. The number of benzene rings is 2. The maximum Gasteiger partial charge on any atom is 0.256 e. The van der Waals surface area contributed by atoms with Gasteiger partial charge in [-0.2, -0.15) is 5.10 Å². The minimum Gasteiger partial charge on any atom is -0.306 e. The molecular weight excluding hydrogens is 431 g/mol. The molecule has 0 spiro atoms. The number of amides is 1. The van der Waals surface area contributed by atoms with Crippen LogP contribution in [0.3, 0.4) is 0 Å². The summed E-state index contributed by atoms with van der Waals surface area (Å²) in [5, 5.41) is 7.51. The molecule has 3 rings (SSSR count). The van der Waals surface area contributed by atoms with Crippen molar-refractivity contribution in [3.8, 4) is 5.69 Å². The molecule has 1 aromatic heterocycles. The molecule has 0 atom stereocenters. The number of aromatic nitrogens is 2. The Bertz CT molecular complexity index is 1220. The summed E-state index contributed by atoms with van der Waals surface area (Å²) < 4.78 is 42.3. The average Bonchev–Trinajstić information content (AvgIpc) is 3.06. The third-order valence-corrected chi connectivity index (χ3v) is 5.70. The van der Waals surface area contributed by atoms with Crippen molar-refractivity contribution in [3.63, 3.8) is 0 Å². The van der Waals surface area contributed by atoms with Crippen molar-refractivity contribution in [2.24, 2.45) is 0 Å². The van der Waals surface area contributed by atoms with E-state index in [4.69, 9.17) is 11.6 Å². The third-order valence-electron chi connectivity index (χ3n) is 4.03. The molecule has 1 heterocycles. The van der Waals surface area contributed by atoms with Gasteiger partial charge in [-0.3, -0.25) is 4.79 Å². The third kappa shape index (κ3) is 4.76. The van der Waals surface area contributed by atoms with Gasteiger partial charge in [-0.15, -0.1) is 6.58 Å². The first-order chi connectivity index (χ1) is 14.2. The molecule has 30 heavy (non-hydrogen) atoms. The van der Waals surface area contributed by atoms with Crippen LogP contribution in [0.2, 0.25) is 5.02 Å². The van der Waals surface area contributed by atoms with Crippen molar-refractivity contribution in [2.45, 2.75) is 11.8 Å². The van der Waals surface area contributed by atoms with E-state index in [-0.39, 0.29) is 12.1 Å². The van der Waals surface area contributed by atoms with Crippen molar-refractivity contribution >= 4 is 33.3 Å². The molecule has 0 saturated carbocycles. The summed E-state index contributed by atoms with van der Waals surface area (Å²) in [6, 6.07) is 11.6.